The second-order valence-electron chi connectivity index (χ2n) is 4.82. The van der Waals surface area contributed by atoms with Crippen molar-refractivity contribution in [2.45, 2.75) is 5.51 Å². The summed E-state index contributed by atoms with van der Waals surface area (Å²) >= 11 is 0. The maximum atomic E-state index is 10.7. The molecule has 0 bridgehead atoms. The highest BCUT2D eigenvalue weighted by molar-refractivity contribution is 7.86. The van der Waals surface area contributed by atoms with Crippen molar-refractivity contribution in [3.05, 3.63) is 65.9 Å². The fraction of sp³-hybridized carbons (Fsp3) is 0.0625. The second-order valence-corrected chi connectivity index (χ2v) is 6.23. The van der Waals surface area contributed by atoms with Crippen LogP contribution in [0.2, 0.25) is 0 Å². The van der Waals surface area contributed by atoms with Gasteiger partial charge in [0.15, 0.2) is 0 Å². The van der Waals surface area contributed by atoms with Gasteiger partial charge in [0, 0.05) is 5.39 Å². The van der Waals surface area contributed by atoms with Crippen molar-refractivity contribution in [1.82, 2.24) is 10.2 Å². The van der Waals surface area contributed by atoms with Gasteiger partial charge in [-0.1, -0.05) is 54.6 Å². The summed E-state index contributed by atoms with van der Waals surface area (Å²) in [6.07, 6.45) is 4.11. The first-order valence-electron chi connectivity index (χ1n) is 6.88. The first kappa shape index (κ1) is 18.7. The van der Waals surface area contributed by atoms with Crippen LogP contribution in [-0.2, 0) is 10.1 Å². The van der Waals surface area contributed by atoms with Crippen LogP contribution in [0, 0.1) is 0 Å². The van der Waals surface area contributed by atoms with E-state index >= 15 is 0 Å². The van der Waals surface area contributed by atoms with Gasteiger partial charge in [-0.2, -0.15) is 26.7 Å². The molecule has 0 spiro atoms. The number of rotatable bonds is 2. The van der Waals surface area contributed by atoms with Crippen LogP contribution in [-0.4, -0.2) is 28.7 Å². The van der Waals surface area contributed by atoms with Gasteiger partial charge in [0.05, 0.1) is 11.2 Å². The average molecular weight is 370 g/mol. The normalized spacial score (nSPS) is 12.2. The molecule has 0 fully saturated rings. The summed E-state index contributed by atoms with van der Waals surface area (Å²) in [6.45, 7) is 0. The van der Waals surface area contributed by atoms with E-state index in [1.807, 2.05) is 42.5 Å². The Bertz CT molecular complexity index is 965. The number of alkyl halides is 3. The second kappa shape index (κ2) is 7.49. The highest BCUT2D eigenvalue weighted by atomic mass is 32.2. The number of para-hydroxylation sites is 1. The van der Waals surface area contributed by atoms with Gasteiger partial charge in [0.25, 0.3) is 0 Å². The Morgan fingerprint density at radius 1 is 0.960 bits per heavy atom. The minimum absolute atomic E-state index is 0.976. The van der Waals surface area contributed by atoms with Gasteiger partial charge in [-0.05, 0) is 17.7 Å². The molecule has 0 atom stereocenters. The fourth-order valence-corrected chi connectivity index (χ4v) is 1.85. The monoisotopic (exact) mass is 370 g/mol. The number of aromatic amines is 1. The van der Waals surface area contributed by atoms with E-state index in [-0.39, 0.29) is 0 Å². The number of nitrogens with one attached hydrogen (secondary N) is 1. The van der Waals surface area contributed by atoms with Crippen LogP contribution in [0.25, 0.3) is 23.1 Å². The number of halogens is 3. The number of H-pyrrole nitrogens is 1. The molecule has 3 rings (SSSR count). The highest BCUT2D eigenvalue weighted by Crippen LogP contribution is 2.20. The molecule has 0 aliphatic heterocycles. The van der Waals surface area contributed by atoms with E-state index in [4.69, 9.17) is 13.0 Å². The van der Waals surface area contributed by atoms with Gasteiger partial charge in [-0.3, -0.25) is 9.65 Å². The number of hydrogen-bond donors (Lipinski definition) is 2. The summed E-state index contributed by atoms with van der Waals surface area (Å²) in [7, 11) is -5.84. The van der Waals surface area contributed by atoms with E-state index in [2.05, 4.69) is 34.5 Å². The lowest BCUT2D eigenvalue weighted by Gasteiger charge is -1.97. The van der Waals surface area contributed by atoms with Gasteiger partial charge >= 0.3 is 15.6 Å². The summed E-state index contributed by atoms with van der Waals surface area (Å²) in [5.74, 6) is 0. The first-order chi connectivity index (χ1) is 11.7. The quantitative estimate of drug-likeness (QED) is 0.525. The molecule has 1 heterocycles. The molecule has 132 valence electrons. The Kier molecular flexibility index (Phi) is 5.60. The van der Waals surface area contributed by atoms with Crippen LogP contribution < -0.4 is 0 Å². The minimum atomic E-state index is -5.84. The molecule has 25 heavy (non-hydrogen) atoms. The van der Waals surface area contributed by atoms with Crippen LogP contribution in [0.1, 0.15) is 11.3 Å². The zero-order chi connectivity index (χ0) is 18.5. The predicted octanol–water partition coefficient (Wildman–Crippen LogP) is 4.13. The molecule has 2 N–H and O–H groups in total. The highest BCUT2D eigenvalue weighted by Gasteiger charge is 2.44. The lowest BCUT2D eigenvalue weighted by atomic mass is 10.1. The Hall–Kier alpha value is -2.65. The van der Waals surface area contributed by atoms with Crippen molar-refractivity contribution in [2.75, 3.05) is 0 Å². The van der Waals surface area contributed by atoms with Crippen LogP contribution in [0.3, 0.4) is 0 Å². The van der Waals surface area contributed by atoms with E-state index in [0.717, 1.165) is 16.6 Å². The Labute approximate surface area is 141 Å². The Balaban J connectivity index is 0.000000242. The first-order valence-corrected chi connectivity index (χ1v) is 8.32. The number of benzene rings is 2. The van der Waals surface area contributed by atoms with Crippen LogP contribution in [0.5, 0.6) is 0 Å². The van der Waals surface area contributed by atoms with E-state index in [1.54, 1.807) is 0 Å². The van der Waals surface area contributed by atoms with E-state index < -0.39 is 15.6 Å². The molecule has 9 heteroatoms. The smallest absolute Gasteiger partial charge is 0.279 e. The van der Waals surface area contributed by atoms with Gasteiger partial charge in [0.2, 0.25) is 0 Å². The standard InChI is InChI=1S/C15H12N2.CHF3O3S/c1-2-6-12(7-3-1)10-11-15-13-8-4-5-9-14(13)16-17-15;2-1(3,4)8(5,6)7/h1-11H,(H,16,17);(H,5,6,7)/b11-10+;. The average Bonchev–Trinajstić information content (AvgIpc) is 2.96. The van der Waals surface area contributed by atoms with Crippen molar-refractivity contribution in [3.63, 3.8) is 0 Å². The number of fused-ring (bicyclic) bond motifs is 1. The third-order valence-corrected chi connectivity index (χ3v) is 3.61. The lowest BCUT2D eigenvalue weighted by Crippen LogP contribution is -2.21. The molecule has 3 aromatic rings. The van der Waals surface area contributed by atoms with Gasteiger partial charge < -0.3 is 0 Å². The predicted molar refractivity (Wildman–Crippen MR) is 89.1 cm³/mol. The number of hydrogen-bond acceptors (Lipinski definition) is 3. The van der Waals surface area contributed by atoms with Crippen LogP contribution in [0.4, 0.5) is 13.2 Å². The number of aromatic nitrogens is 2. The summed E-state index contributed by atoms with van der Waals surface area (Å²) in [5.41, 5.74) is -2.31. The maximum Gasteiger partial charge on any atom is 0.522 e. The molecule has 1 aromatic heterocycles. The van der Waals surface area contributed by atoms with Crippen molar-refractivity contribution in [1.29, 1.82) is 0 Å². The molecule has 0 saturated heterocycles. The van der Waals surface area contributed by atoms with Gasteiger partial charge in [-0.25, -0.2) is 0 Å². The minimum Gasteiger partial charge on any atom is -0.279 e. The van der Waals surface area contributed by atoms with Crippen molar-refractivity contribution < 1.29 is 26.1 Å². The topological polar surface area (TPSA) is 83.0 Å². The SMILES string of the molecule is C(=C\c1n[nH]c2ccccc12)/c1ccccc1.O=S(=O)(O)C(F)(F)F. The zero-order valence-corrected chi connectivity index (χ0v) is 13.4. The molecule has 0 radical (unpaired) electrons. The molecule has 0 aliphatic carbocycles. The van der Waals surface area contributed by atoms with Crippen molar-refractivity contribution in [2.24, 2.45) is 0 Å². The summed E-state index contributed by atoms with van der Waals surface area (Å²) < 4.78 is 57.5. The van der Waals surface area contributed by atoms with Crippen molar-refractivity contribution >= 4 is 33.2 Å². The van der Waals surface area contributed by atoms with E-state index in [0.29, 0.717) is 0 Å². The van der Waals surface area contributed by atoms with Crippen LogP contribution in [0.15, 0.2) is 54.6 Å². The number of nitrogens with zero attached hydrogens (tertiary/aromatic N) is 1. The lowest BCUT2D eigenvalue weighted by molar-refractivity contribution is -0.0510. The van der Waals surface area contributed by atoms with Gasteiger partial charge in [0.1, 0.15) is 0 Å². The van der Waals surface area contributed by atoms with Crippen molar-refractivity contribution in [3.8, 4) is 0 Å². The molecule has 5 nitrogen and oxygen atoms in total. The fourth-order valence-electron chi connectivity index (χ4n) is 1.85. The zero-order valence-electron chi connectivity index (χ0n) is 12.6. The molecular formula is C16H13F3N2O3S. The third kappa shape index (κ3) is 5.16. The van der Waals surface area contributed by atoms with E-state index in [9.17, 15) is 13.2 Å². The Morgan fingerprint density at radius 2 is 1.52 bits per heavy atom. The summed E-state index contributed by atoms with van der Waals surface area (Å²) in [4.78, 5) is 0. The molecule has 2 aromatic carbocycles. The van der Waals surface area contributed by atoms with Crippen LogP contribution >= 0.6 is 0 Å². The molecule has 0 aliphatic rings. The summed E-state index contributed by atoms with van der Waals surface area (Å²) in [5, 5.41) is 8.47. The molecule has 0 amide bonds. The third-order valence-electron chi connectivity index (χ3n) is 3.03. The van der Waals surface area contributed by atoms with Gasteiger partial charge in [-0.15, -0.1) is 0 Å². The molecule has 0 unspecified atom stereocenters. The molecular weight excluding hydrogens is 357 g/mol. The Morgan fingerprint density at radius 3 is 2.12 bits per heavy atom. The summed E-state index contributed by atoms with van der Waals surface area (Å²) in [6, 6.07) is 18.4. The molecule has 0 saturated carbocycles. The maximum absolute atomic E-state index is 10.7. The van der Waals surface area contributed by atoms with E-state index in [1.165, 1.54) is 5.56 Å². The largest absolute Gasteiger partial charge is 0.522 e.